The van der Waals surface area contributed by atoms with Gasteiger partial charge in [-0.15, -0.1) is 0 Å². The molecule has 0 N–H and O–H groups in total. The normalized spacial score (nSPS) is 14.6. The number of carbonyl (C=O) groups excluding carboxylic acids is 1. The SMILES string of the molecule is O=C(Cc1ccccc1Cl)N1CCN(c2ncnc3cc(Cl)ccc23)CC1. The van der Waals surface area contributed by atoms with Crippen molar-refractivity contribution in [2.24, 2.45) is 0 Å². The quantitative estimate of drug-likeness (QED) is 0.670. The zero-order valence-corrected chi connectivity index (χ0v) is 16.1. The molecule has 0 radical (unpaired) electrons. The number of hydrogen-bond donors (Lipinski definition) is 0. The van der Waals surface area contributed by atoms with Gasteiger partial charge in [0.25, 0.3) is 0 Å². The third kappa shape index (κ3) is 3.84. The van der Waals surface area contributed by atoms with Gasteiger partial charge in [-0.2, -0.15) is 0 Å². The van der Waals surface area contributed by atoms with E-state index in [4.69, 9.17) is 23.2 Å². The molecule has 2 heterocycles. The highest BCUT2D eigenvalue weighted by Crippen LogP contribution is 2.26. The number of nitrogens with zero attached hydrogens (tertiary/aromatic N) is 4. The van der Waals surface area contributed by atoms with Gasteiger partial charge in [0.2, 0.25) is 5.91 Å². The number of carbonyl (C=O) groups is 1. The Morgan fingerprint density at radius 3 is 2.56 bits per heavy atom. The van der Waals surface area contributed by atoms with Crippen LogP contribution < -0.4 is 4.90 Å². The molecule has 5 nitrogen and oxygen atoms in total. The molecule has 1 amide bonds. The Hall–Kier alpha value is -2.37. The highest BCUT2D eigenvalue weighted by molar-refractivity contribution is 6.31. The van der Waals surface area contributed by atoms with Crippen molar-refractivity contribution in [1.29, 1.82) is 0 Å². The van der Waals surface area contributed by atoms with Gasteiger partial charge in [-0.25, -0.2) is 9.97 Å². The van der Waals surface area contributed by atoms with E-state index < -0.39 is 0 Å². The van der Waals surface area contributed by atoms with Gasteiger partial charge in [-0.05, 0) is 29.8 Å². The first kappa shape index (κ1) is 18.0. The largest absolute Gasteiger partial charge is 0.352 e. The second-order valence-corrected chi connectivity index (χ2v) is 7.34. The van der Waals surface area contributed by atoms with E-state index in [2.05, 4.69) is 14.9 Å². The minimum Gasteiger partial charge on any atom is -0.352 e. The predicted molar refractivity (Wildman–Crippen MR) is 108 cm³/mol. The second kappa shape index (κ2) is 7.71. The zero-order valence-electron chi connectivity index (χ0n) is 14.6. The molecule has 0 saturated carbocycles. The third-order valence-electron chi connectivity index (χ3n) is 4.81. The molecular weight excluding hydrogens is 383 g/mol. The van der Waals surface area contributed by atoms with Crippen molar-refractivity contribution in [3.8, 4) is 0 Å². The van der Waals surface area contributed by atoms with Crippen molar-refractivity contribution >= 4 is 45.8 Å². The van der Waals surface area contributed by atoms with Gasteiger partial charge in [-0.1, -0.05) is 41.4 Å². The molecule has 7 heteroatoms. The van der Waals surface area contributed by atoms with Crippen LogP contribution >= 0.6 is 23.2 Å². The number of fused-ring (bicyclic) bond motifs is 1. The van der Waals surface area contributed by atoms with Crippen LogP contribution in [0, 0.1) is 0 Å². The summed E-state index contributed by atoms with van der Waals surface area (Å²) in [6.07, 6.45) is 1.89. The van der Waals surface area contributed by atoms with Crippen molar-refractivity contribution in [2.45, 2.75) is 6.42 Å². The second-order valence-electron chi connectivity index (χ2n) is 6.49. The van der Waals surface area contributed by atoms with E-state index in [-0.39, 0.29) is 5.91 Å². The molecule has 27 heavy (non-hydrogen) atoms. The topological polar surface area (TPSA) is 49.3 Å². The van der Waals surface area contributed by atoms with Gasteiger partial charge in [-0.3, -0.25) is 4.79 Å². The van der Waals surface area contributed by atoms with Crippen LogP contribution in [0.2, 0.25) is 10.0 Å². The molecule has 0 aliphatic carbocycles. The minimum atomic E-state index is 0.0991. The van der Waals surface area contributed by atoms with Crippen molar-refractivity contribution in [3.05, 3.63) is 64.4 Å². The monoisotopic (exact) mass is 400 g/mol. The lowest BCUT2D eigenvalue weighted by Gasteiger charge is -2.36. The van der Waals surface area contributed by atoms with Crippen molar-refractivity contribution in [2.75, 3.05) is 31.1 Å². The Balaban J connectivity index is 1.45. The summed E-state index contributed by atoms with van der Waals surface area (Å²) < 4.78 is 0. The number of hydrogen-bond acceptors (Lipinski definition) is 4. The van der Waals surface area contributed by atoms with Crippen LogP contribution in [0.1, 0.15) is 5.56 Å². The fourth-order valence-corrected chi connectivity index (χ4v) is 3.72. The standard InChI is InChI=1S/C20H18Cl2N4O/c21-15-5-6-16-18(12-15)23-13-24-20(16)26-9-7-25(8-10-26)19(27)11-14-3-1-2-4-17(14)22/h1-6,12-13H,7-11H2. The summed E-state index contributed by atoms with van der Waals surface area (Å²) in [6.45, 7) is 2.76. The molecule has 3 aromatic rings. The molecule has 0 atom stereocenters. The smallest absolute Gasteiger partial charge is 0.227 e. The zero-order chi connectivity index (χ0) is 18.8. The van der Waals surface area contributed by atoms with Gasteiger partial charge in [0.05, 0.1) is 11.9 Å². The maximum absolute atomic E-state index is 12.6. The van der Waals surface area contributed by atoms with Crippen LogP contribution in [0.15, 0.2) is 48.8 Å². The first-order valence-electron chi connectivity index (χ1n) is 8.78. The van der Waals surface area contributed by atoms with E-state index in [0.717, 1.165) is 35.4 Å². The number of rotatable bonds is 3. The van der Waals surface area contributed by atoms with Crippen molar-refractivity contribution in [3.63, 3.8) is 0 Å². The number of aromatic nitrogens is 2. The summed E-state index contributed by atoms with van der Waals surface area (Å²) in [6, 6.07) is 13.1. The van der Waals surface area contributed by atoms with Gasteiger partial charge < -0.3 is 9.80 Å². The Kier molecular flexibility index (Phi) is 5.14. The van der Waals surface area contributed by atoms with E-state index in [1.807, 2.05) is 47.4 Å². The van der Waals surface area contributed by atoms with E-state index in [9.17, 15) is 4.79 Å². The number of piperazine rings is 1. The number of anilines is 1. The molecule has 4 rings (SSSR count). The molecule has 1 aliphatic rings. The fraction of sp³-hybridized carbons (Fsp3) is 0.250. The molecule has 1 saturated heterocycles. The lowest BCUT2D eigenvalue weighted by atomic mass is 10.1. The van der Waals surface area contributed by atoms with Gasteiger partial charge in [0, 0.05) is 41.6 Å². The van der Waals surface area contributed by atoms with E-state index in [1.54, 1.807) is 6.33 Å². The highest BCUT2D eigenvalue weighted by Gasteiger charge is 2.23. The summed E-state index contributed by atoms with van der Waals surface area (Å²) in [5.74, 6) is 0.983. The lowest BCUT2D eigenvalue weighted by Crippen LogP contribution is -2.49. The molecule has 0 bridgehead atoms. The Morgan fingerprint density at radius 2 is 1.78 bits per heavy atom. The summed E-state index contributed by atoms with van der Waals surface area (Å²) >= 11 is 12.2. The maximum Gasteiger partial charge on any atom is 0.227 e. The summed E-state index contributed by atoms with van der Waals surface area (Å²) in [4.78, 5) is 25.5. The first-order chi connectivity index (χ1) is 13.1. The molecule has 2 aromatic carbocycles. The molecule has 0 unspecified atom stereocenters. The van der Waals surface area contributed by atoms with Gasteiger partial charge in [0.15, 0.2) is 0 Å². The molecule has 1 aromatic heterocycles. The van der Waals surface area contributed by atoms with Crippen LogP contribution in [0.5, 0.6) is 0 Å². The Bertz CT molecular complexity index is 987. The summed E-state index contributed by atoms with van der Waals surface area (Å²) in [7, 11) is 0. The van der Waals surface area contributed by atoms with Gasteiger partial charge in [0.1, 0.15) is 12.1 Å². The van der Waals surface area contributed by atoms with Crippen LogP contribution in [0.3, 0.4) is 0 Å². The van der Waals surface area contributed by atoms with E-state index in [0.29, 0.717) is 29.6 Å². The first-order valence-corrected chi connectivity index (χ1v) is 9.54. The average molecular weight is 401 g/mol. The Morgan fingerprint density at radius 1 is 1.00 bits per heavy atom. The summed E-state index contributed by atoms with van der Waals surface area (Å²) in [5.41, 5.74) is 1.69. The maximum atomic E-state index is 12.6. The number of amides is 1. The molecular formula is C20H18Cl2N4O. The number of benzene rings is 2. The molecule has 0 spiro atoms. The predicted octanol–water partition coefficient (Wildman–Crippen LogP) is 3.83. The molecule has 1 fully saturated rings. The Labute approximate surface area is 167 Å². The van der Waals surface area contributed by atoms with E-state index >= 15 is 0 Å². The van der Waals surface area contributed by atoms with Crippen LogP contribution in [0.4, 0.5) is 5.82 Å². The summed E-state index contributed by atoms with van der Waals surface area (Å²) in [5, 5.41) is 2.26. The number of halogens is 2. The minimum absolute atomic E-state index is 0.0991. The van der Waals surface area contributed by atoms with Gasteiger partial charge >= 0.3 is 0 Å². The van der Waals surface area contributed by atoms with E-state index in [1.165, 1.54) is 0 Å². The third-order valence-corrected chi connectivity index (χ3v) is 5.41. The lowest BCUT2D eigenvalue weighted by molar-refractivity contribution is -0.130. The molecule has 138 valence electrons. The van der Waals surface area contributed by atoms with Crippen molar-refractivity contribution < 1.29 is 4.79 Å². The van der Waals surface area contributed by atoms with Crippen LogP contribution in [-0.2, 0) is 11.2 Å². The molecule has 1 aliphatic heterocycles. The van der Waals surface area contributed by atoms with Crippen LogP contribution in [-0.4, -0.2) is 47.0 Å². The van der Waals surface area contributed by atoms with Crippen LogP contribution in [0.25, 0.3) is 10.9 Å². The van der Waals surface area contributed by atoms with Crippen molar-refractivity contribution in [1.82, 2.24) is 14.9 Å². The highest BCUT2D eigenvalue weighted by atomic mass is 35.5. The average Bonchev–Trinajstić information content (AvgIpc) is 2.69. The fourth-order valence-electron chi connectivity index (χ4n) is 3.35.